The summed E-state index contributed by atoms with van der Waals surface area (Å²) in [5.41, 5.74) is 2.02. The predicted octanol–water partition coefficient (Wildman–Crippen LogP) is 3.03. The second kappa shape index (κ2) is 5.23. The lowest BCUT2D eigenvalue weighted by atomic mass is 10.2. The smallest absolute Gasteiger partial charge is 0.150 e. The second-order valence-corrected chi connectivity index (χ2v) is 5.18. The Morgan fingerprint density at radius 2 is 2.26 bits per heavy atom. The molecule has 1 aliphatic rings. The number of hydrogen-bond donors (Lipinski definition) is 0. The maximum atomic E-state index is 6.04. The minimum absolute atomic E-state index is 0.668. The summed E-state index contributed by atoms with van der Waals surface area (Å²) in [5.74, 6) is 1.80. The molecule has 4 nitrogen and oxygen atoms in total. The highest BCUT2D eigenvalue weighted by Crippen LogP contribution is 2.26. The SMILES string of the molecule is Cc1cc(CN2CCOc3ccc(Cl)cc3C2)on1. The molecule has 100 valence electrons. The van der Waals surface area contributed by atoms with Gasteiger partial charge >= 0.3 is 0 Å². The third-order valence-electron chi connectivity index (χ3n) is 3.14. The van der Waals surface area contributed by atoms with Gasteiger partial charge in [0, 0.05) is 29.7 Å². The maximum absolute atomic E-state index is 6.04. The third-order valence-corrected chi connectivity index (χ3v) is 3.37. The van der Waals surface area contributed by atoms with E-state index in [2.05, 4.69) is 10.1 Å². The molecule has 19 heavy (non-hydrogen) atoms. The van der Waals surface area contributed by atoms with E-state index in [9.17, 15) is 0 Å². The predicted molar refractivity (Wildman–Crippen MR) is 72.3 cm³/mol. The molecular weight excluding hydrogens is 264 g/mol. The van der Waals surface area contributed by atoms with Crippen molar-refractivity contribution in [2.24, 2.45) is 0 Å². The van der Waals surface area contributed by atoms with E-state index in [1.165, 1.54) is 0 Å². The monoisotopic (exact) mass is 278 g/mol. The fraction of sp³-hybridized carbons (Fsp3) is 0.357. The molecular formula is C14H15ClN2O2. The fourth-order valence-electron chi connectivity index (χ4n) is 2.26. The number of benzene rings is 1. The van der Waals surface area contributed by atoms with Crippen molar-refractivity contribution in [2.75, 3.05) is 13.2 Å². The van der Waals surface area contributed by atoms with E-state index in [4.69, 9.17) is 20.9 Å². The summed E-state index contributed by atoms with van der Waals surface area (Å²) in [6.45, 7) is 4.98. The van der Waals surface area contributed by atoms with Crippen molar-refractivity contribution in [1.29, 1.82) is 0 Å². The Balaban J connectivity index is 1.77. The molecule has 1 aliphatic heterocycles. The molecule has 0 aliphatic carbocycles. The van der Waals surface area contributed by atoms with E-state index in [0.717, 1.165) is 47.4 Å². The van der Waals surface area contributed by atoms with Crippen molar-refractivity contribution in [1.82, 2.24) is 10.1 Å². The first-order valence-electron chi connectivity index (χ1n) is 6.26. The largest absolute Gasteiger partial charge is 0.492 e. The molecule has 0 saturated carbocycles. The van der Waals surface area contributed by atoms with Crippen molar-refractivity contribution in [3.05, 3.63) is 46.3 Å². The summed E-state index contributed by atoms with van der Waals surface area (Å²) < 4.78 is 11.0. The van der Waals surface area contributed by atoms with Crippen LogP contribution >= 0.6 is 11.6 Å². The number of aryl methyl sites for hydroxylation is 1. The van der Waals surface area contributed by atoms with Crippen LogP contribution < -0.4 is 4.74 Å². The topological polar surface area (TPSA) is 38.5 Å². The van der Waals surface area contributed by atoms with Crippen LogP contribution in [0.25, 0.3) is 0 Å². The second-order valence-electron chi connectivity index (χ2n) is 4.75. The Bertz CT molecular complexity index is 583. The highest BCUT2D eigenvalue weighted by molar-refractivity contribution is 6.30. The molecule has 0 amide bonds. The number of hydrogen-bond acceptors (Lipinski definition) is 4. The van der Waals surface area contributed by atoms with Crippen LogP contribution in [-0.2, 0) is 13.1 Å². The van der Waals surface area contributed by atoms with Gasteiger partial charge < -0.3 is 9.26 Å². The van der Waals surface area contributed by atoms with Crippen LogP contribution in [0, 0.1) is 6.92 Å². The van der Waals surface area contributed by atoms with Crippen molar-refractivity contribution in [3.8, 4) is 5.75 Å². The van der Waals surface area contributed by atoms with Crippen molar-refractivity contribution >= 4 is 11.6 Å². The Labute approximate surface area is 116 Å². The summed E-state index contributed by atoms with van der Waals surface area (Å²) >= 11 is 6.04. The molecule has 0 bridgehead atoms. The molecule has 1 aromatic carbocycles. The number of ether oxygens (including phenoxy) is 1. The van der Waals surface area contributed by atoms with Crippen LogP contribution in [-0.4, -0.2) is 23.2 Å². The number of nitrogens with zero attached hydrogens (tertiary/aromatic N) is 2. The van der Waals surface area contributed by atoms with Crippen LogP contribution in [0.2, 0.25) is 5.02 Å². The Morgan fingerprint density at radius 1 is 1.37 bits per heavy atom. The van der Waals surface area contributed by atoms with E-state index in [1.807, 2.05) is 31.2 Å². The molecule has 0 spiro atoms. The normalized spacial score (nSPS) is 15.7. The maximum Gasteiger partial charge on any atom is 0.150 e. The van der Waals surface area contributed by atoms with Gasteiger partial charge in [0.25, 0.3) is 0 Å². The zero-order valence-corrected chi connectivity index (χ0v) is 11.5. The molecule has 0 atom stereocenters. The number of aromatic nitrogens is 1. The van der Waals surface area contributed by atoms with Gasteiger partial charge in [-0.15, -0.1) is 0 Å². The Kier molecular flexibility index (Phi) is 3.44. The van der Waals surface area contributed by atoms with Gasteiger partial charge in [0.1, 0.15) is 12.4 Å². The zero-order chi connectivity index (χ0) is 13.2. The Hall–Kier alpha value is -1.52. The summed E-state index contributed by atoms with van der Waals surface area (Å²) in [7, 11) is 0. The number of halogens is 1. The van der Waals surface area contributed by atoms with Crippen LogP contribution in [0.3, 0.4) is 0 Å². The lowest BCUT2D eigenvalue weighted by Gasteiger charge is -2.17. The van der Waals surface area contributed by atoms with Crippen LogP contribution in [0.1, 0.15) is 17.0 Å². The first kappa shape index (κ1) is 12.5. The first-order valence-corrected chi connectivity index (χ1v) is 6.64. The molecule has 5 heteroatoms. The van der Waals surface area contributed by atoms with Crippen LogP contribution in [0.15, 0.2) is 28.8 Å². The minimum atomic E-state index is 0.668. The quantitative estimate of drug-likeness (QED) is 0.846. The Morgan fingerprint density at radius 3 is 3.05 bits per heavy atom. The molecule has 1 aromatic heterocycles. The van der Waals surface area contributed by atoms with Gasteiger partial charge in [0.2, 0.25) is 0 Å². The van der Waals surface area contributed by atoms with E-state index in [0.29, 0.717) is 6.61 Å². The van der Waals surface area contributed by atoms with Gasteiger partial charge in [-0.25, -0.2) is 0 Å². The first-order chi connectivity index (χ1) is 9.20. The van der Waals surface area contributed by atoms with E-state index in [-0.39, 0.29) is 0 Å². The molecule has 2 aromatic rings. The van der Waals surface area contributed by atoms with E-state index in [1.54, 1.807) is 0 Å². The molecule has 0 radical (unpaired) electrons. The van der Waals surface area contributed by atoms with E-state index >= 15 is 0 Å². The zero-order valence-electron chi connectivity index (χ0n) is 10.7. The summed E-state index contributed by atoms with van der Waals surface area (Å²) in [6, 6.07) is 7.71. The third kappa shape index (κ3) is 2.91. The average molecular weight is 279 g/mol. The lowest BCUT2D eigenvalue weighted by molar-refractivity contribution is 0.199. The highest BCUT2D eigenvalue weighted by atomic mass is 35.5. The molecule has 0 saturated heterocycles. The number of rotatable bonds is 2. The van der Waals surface area contributed by atoms with Crippen molar-refractivity contribution < 1.29 is 9.26 Å². The molecule has 3 rings (SSSR count). The molecule has 0 unspecified atom stereocenters. The van der Waals surface area contributed by atoms with Gasteiger partial charge in [-0.3, -0.25) is 4.90 Å². The summed E-state index contributed by atoms with van der Waals surface area (Å²) in [5, 5.41) is 4.65. The average Bonchev–Trinajstić information content (AvgIpc) is 2.67. The molecule has 0 N–H and O–H groups in total. The molecule has 2 heterocycles. The lowest BCUT2D eigenvalue weighted by Crippen LogP contribution is -2.25. The van der Waals surface area contributed by atoms with Crippen LogP contribution in [0.5, 0.6) is 5.75 Å². The van der Waals surface area contributed by atoms with Crippen molar-refractivity contribution in [3.63, 3.8) is 0 Å². The summed E-state index contributed by atoms with van der Waals surface area (Å²) in [4.78, 5) is 2.27. The van der Waals surface area contributed by atoms with Gasteiger partial charge in [0.15, 0.2) is 5.76 Å². The van der Waals surface area contributed by atoms with Gasteiger partial charge in [-0.1, -0.05) is 16.8 Å². The molecule has 0 fully saturated rings. The van der Waals surface area contributed by atoms with Gasteiger partial charge in [0.05, 0.1) is 12.2 Å². The van der Waals surface area contributed by atoms with Gasteiger partial charge in [-0.2, -0.15) is 0 Å². The minimum Gasteiger partial charge on any atom is -0.492 e. The van der Waals surface area contributed by atoms with E-state index < -0.39 is 0 Å². The van der Waals surface area contributed by atoms with Gasteiger partial charge in [-0.05, 0) is 25.1 Å². The van der Waals surface area contributed by atoms with Crippen molar-refractivity contribution in [2.45, 2.75) is 20.0 Å². The fourth-order valence-corrected chi connectivity index (χ4v) is 2.46. The highest BCUT2D eigenvalue weighted by Gasteiger charge is 2.17. The van der Waals surface area contributed by atoms with Crippen LogP contribution in [0.4, 0.5) is 0 Å². The summed E-state index contributed by atoms with van der Waals surface area (Å²) in [6.07, 6.45) is 0. The number of fused-ring (bicyclic) bond motifs is 1. The standard InChI is InChI=1S/C14H15ClN2O2/c1-10-6-13(19-16-10)9-17-4-5-18-14-3-2-12(15)7-11(14)8-17/h2-3,6-7H,4-5,8-9H2,1H3.